The van der Waals surface area contributed by atoms with E-state index in [1.165, 1.54) is 5.56 Å². The average Bonchev–Trinajstić information content (AvgIpc) is 3.03. The molecule has 0 bridgehead atoms. The van der Waals surface area contributed by atoms with Gasteiger partial charge in [-0.05, 0) is 35.7 Å². The monoisotopic (exact) mass is 553 g/mol. The zero-order valence-electron chi connectivity index (χ0n) is 23.7. The Kier molecular flexibility index (Phi) is 10.5. The summed E-state index contributed by atoms with van der Waals surface area (Å²) >= 11 is 0. The van der Waals surface area contributed by atoms with Crippen molar-refractivity contribution in [3.63, 3.8) is 0 Å². The van der Waals surface area contributed by atoms with Crippen molar-refractivity contribution in [1.29, 1.82) is 0 Å². The quantitative estimate of drug-likeness (QED) is 0.203. The molecule has 0 saturated carbocycles. The summed E-state index contributed by atoms with van der Waals surface area (Å²) in [6, 6.07) is 38.7. The van der Waals surface area contributed by atoms with Crippen molar-refractivity contribution in [1.82, 2.24) is 0 Å². The molecule has 0 unspecified atom stereocenters. The standard InChI is InChI=1S/C35H39NO5/c1-26-18-20-30(21-19-26)36-22-31-32(38-23-27-12-6-3-7-13-27)33(39-24-28-14-8-4-9-15-28)34(35(37-2)41-31)40-25-29-16-10-5-11-17-29/h3-21,31-36H,22-25H2,1-2H3/t31-,32-,33+,34-,35+/m1/s1. The maximum atomic E-state index is 6.66. The van der Waals surface area contributed by atoms with Gasteiger partial charge in [-0.2, -0.15) is 0 Å². The fraction of sp³-hybridized carbons (Fsp3) is 0.314. The molecule has 4 aromatic carbocycles. The highest BCUT2D eigenvalue weighted by Crippen LogP contribution is 2.31. The van der Waals surface area contributed by atoms with Gasteiger partial charge in [-0.3, -0.25) is 0 Å². The first-order valence-electron chi connectivity index (χ1n) is 14.1. The predicted molar refractivity (Wildman–Crippen MR) is 160 cm³/mol. The lowest BCUT2D eigenvalue weighted by Crippen LogP contribution is -2.62. The minimum absolute atomic E-state index is 0.359. The Bertz CT molecular complexity index is 1290. The summed E-state index contributed by atoms with van der Waals surface area (Å²) in [5, 5.41) is 3.52. The molecule has 6 heteroatoms. The van der Waals surface area contributed by atoms with E-state index in [-0.39, 0.29) is 6.10 Å². The van der Waals surface area contributed by atoms with Gasteiger partial charge in [0.05, 0.1) is 19.8 Å². The molecule has 4 aromatic rings. The molecule has 5 rings (SSSR count). The summed E-state index contributed by atoms with van der Waals surface area (Å²) in [5.41, 5.74) is 5.44. The zero-order chi connectivity index (χ0) is 28.3. The highest BCUT2D eigenvalue weighted by Gasteiger charge is 2.48. The van der Waals surface area contributed by atoms with Gasteiger partial charge >= 0.3 is 0 Å². The molecule has 5 atom stereocenters. The second kappa shape index (κ2) is 14.9. The van der Waals surface area contributed by atoms with Gasteiger partial charge in [-0.15, -0.1) is 0 Å². The van der Waals surface area contributed by atoms with E-state index in [0.717, 1.165) is 22.4 Å². The third-order valence-corrected chi connectivity index (χ3v) is 7.24. The largest absolute Gasteiger partial charge is 0.382 e. The van der Waals surface area contributed by atoms with Crippen LogP contribution in [0.1, 0.15) is 22.3 Å². The number of methoxy groups -OCH3 is 1. The number of nitrogens with one attached hydrogen (secondary N) is 1. The molecule has 0 aliphatic carbocycles. The average molecular weight is 554 g/mol. The number of hydrogen-bond donors (Lipinski definition) is 1. The van der Waals surface area contributed by atoms with Gasteiger partial charge in [-0.1, -0.05) is 109 Å². The lowest BCUT2D eigenvalue weighted by atomic mass is 9.97. The second-order valence-corrected chi connectivity index (χ2v) is 10.3. The maximum Gasteiger partial charge on any atom is 0.186 e. The van der Waals surface area contributed by atoms with E-state index in [0.29, 0.717) is 26.4 Å². The smallest absolute Gasteiger partial charge is 0.186 e. The van der Waals surface area contributed by atoms with Crippen molar-refractivity contribution >= 4 is 5.69 Å². The molecule has 1 heterocycles. The number of anilines is 1. The van der Waals surface area contributed by atoms with Crippen molar-refractivity contribution in [2.24, 2.45) is 0 Å². The molecule has 41 heavy (non-hydrogen) atoms. The Morgan fingerprint density at radius 1 is 0.585 bits per heavy atom. The molecule has 0 amide bonds. The van der Waals surface area contributed by atoms with Crippen molar-refractivity contribution in [2.45, 2.75) is 57.5 Å². The van der Waals surface area contributed by atoms with Gasteiger partial charge in [0.1, 0.15) is 24.4 Å². The lowest BCUT2D eigenvalue weighted by Gasteiger charge is -2.45. The normalized spacial score (nSPS) is 22.3. The van der Waals surface area contributed by atoms with E-state index < -0.39 is 24.6 Å². The third kappa shape index (κ3) is 8.26. The van der Waals surface area contributed by atoms with Crippen LogP contribution in [0.15, 0.2) is 115 Å². The van der Waals surface area contributed by atoms with Crippen LogP contribution in [-0.4, -0.2) is 44.4 Å². The zero-order valence-corrected chi connectivity index (χ0v) is 23.7. The predicted octanol–water partition coefficient (Wildman–Crippen LogP) is 6.53. The van der Waals surface area contributed by atoms with Crippen LogP contribution >= 0.6 is 0 Å². The summed E-state index contributed by atoms with van der Waals surface area (Å²) in [6.45, 7) is 3.83. The highest BCUT2D eigenvalue weighted by atomic mass is 16.7. The highest BCUT2D eigenvalue weighted by molar-refractivity contribution is 5.44. The summed E-state index contributed by atoms with van der Waals surface area (Å²) in [4.78, 5) is 0. The van der Waals surface area contributed by atoms with Crippen molar-refractivity contribution < 1.29 is 23.7 Å². The molecule has 214 valence electrons. The van der Waals surface area contributed by atoms with E-state index in [9.17, 15) is 0 Å². The van der Waals surface area contributed by atoms with Crippen molar-refractivity contribution in [3.05, 3.63) is 138 Å². The van der Waals surface area contributed by atoms with Gasteiger partial charge < -0.3 is 29.0 Å². The fourth-order valence-corrected chi connectivity index (χ4v) is 4.99. The number of aryl methyl sites for hydroxylation is 1. The molecule has 1 aliphatic heterocycles. The van der Waals surface area contributed by atoms with Gasteiger partial charge in [0, 0.05) is 19.3 Å². The third-order valence-electron chi connectivity index (χ3n) is 7.24. The molecule has 1 saturated heterocycles. The molecule has 6 nitrogen and oxygen atoms in total. The summed E-state index contributed by atoms with van der Waals surface area (Å²) in [5.74, 6) is 0. The Morgan fingerprint density at radius 2 is 1.05 bits per heavy atom. The molecule has 0 spiro atoms. The number of hydrogen-bond acceptors (Lipinski definition) is 6. The number of benzene rings is 4. The fourth-order valence-electron chi connectivity index (χ4n) is 4.99. The van der Waals surface area contributed by atoms with Crippen LogP contribution in [0.25, 0.3) is 0 Å². The van der Waals surface area contributed by atoms with Crippen LogP contribution in [0, 0.1) is 6.92 Å². The van der Waals surface area contributed by atoms with Crippen LogP contribution in [0.5, 0.6) is 0 Å². The summed E-state index contributed by atoms with van der Waals surface area (Å²) < 4.78 is 32.2. The molecule has 1 aliphatic rings. The van der Waals surface area contributed by atoms with E-state index in [1.807, 2.05) is 66.7 Å². The van der Waals surface area contributed by atoms with Crippen LogP contribution in [0.3, 0.4) is 0 Å². The van der Waals surface area contributed by atoms with Crippen molar-refractivity contribution in [2.75, 3.05) is 19.0 Å². The number of ether oxygens (including phenoxy) is 5. The lowest BCUT2D eigenvalue weighted by molar-refractivity contribution is -0.315. The molecule has 1 fully saturated rings. The van der Waals surface area contributed by atoms with E-state index in [1.54, 1.807) is 7.11 Å². The minimum Gasteiger partial charge on any atom is -0.382 e. The van der Waals surface area contributed by atoms with Gasteiger partial charge in [0.2, 0.25) is 0 Å². The number of rotatable bonds is 13. The molecular formula is C35H39NO5. The van der Waals surface area contributed by atoms with Crippen LogP contribution in [0.4, 0.5) is 5.69 Å². The van der Waals surface area contributed by atoms with Crippen molar-refractivity contribution in [3.8, 4) is 0 Å². The SMILES string of the molecule is CO[C@H]1O[C@H](CNc2ccc(C)cc2)[C@@H](OCc2ccccc2)[C@H](OCc2ccccc2)[C@H]1OCc1ccccc1. The summed E-state index contributed by atoms with van der Waals surface area (Å²) in [6.07, 6.45) is -2.39. The van der Waals surface area contributed by atoms with Gasteiger partial charge in [-0.25, -0.2) is 0 Å². The topological polar surface area (TPSA) is 58.2 Å². The Hall–Kier alpha value is -3.52. The van der Waals surface area contributed by atoms with E-state index in [2.05, 4.69) is 60.8 Å². The molecular weight excluding hydrogens is 514 g/mol. The Morgan fingerprint density at radius 3 is 1.54 bits per heavy atom. The molecule has 1 N–H and O–H groups in total. The molecule has 0 radical (unpaired) electrons. The minimum atomic E-state index is -0.638. The van der Waals surface area contributed by atoms with Crippen LogP contribution in [0.2, 0.25) is 0 Å². The second-order valence-electron chi connectivity index (χ2n) is 10.3. The first kappa shape index (κ1) is 29.0. The first-order valence-corrected chi connectivity index (χ1v) is 14.1. The molecule has 0 aromatic heterocycles. The van der Waals surface area contributed by atoms with Crippen LogP contribution < -0.4 is 5.32 Å². The van der Waals surface area contributed by atoms with Gasteiger partial charge in [0.25, 0.3) is 0 Å². The summed E-state index contributed by atoms with van der Waals surface area (Å²) in [7, 11) is 1.65. The maximum absolute atomic E-state index is 6.66. The first-order chi connectivity index (χ1) is 20.2. The Labute approximate surface area is 243 Å². The van der Waals surface area contributed by atoms with E-state index >= 15 is 0 Å². The van der Waals surface area contributed by atoms with E-state index in [4.69, 9.17) is 23.7 Å². The Balaban J connectivity index is 1.41. The van der Waals surface area contributed by atoms with Crippen LogP contribution in [-0.2, 0) is 43.5 Å². The van der Waals surface area contributed by atoms with Gasteiger partial charge in [0.15, 0.2) is 6.29 Å².